The summed E-state index contributed by atoms with van der Waals surface area (Å²) < 4.78 is 4.96. The SMILES string of the molecule is CN(COCS)N=Nc1nc[nH]c1C(N)=O. The van der Waals surface area contributed by atoms with E-state index in [0.717, 1.165) is 0 Å². The second kappa shape index (κ2) is 6.08. The van der Waals surface area contributed by atoms with Crippen LogP contribution in [0.25, 0.3) is 0 Å². The fraction of sp³-hybridized carbons (Fsp3) is 0.429. The molecule has 0 bridgehead atoms. The molecule has 0 spiro atoms. The fourth-order valence-corrected chi connectivity index (χ4v) is 0.943. The second-order valence-electron chi connectivity index (χ2n) is 2.77. The number of primary amides is 1. The number of ether oxygens (including phenoxy) is 1. The first-order valence-electron chi connectivity index (χ1n) is 4.29. The van der Waals surface area contributed by atoms with Crippen LogP contribution in [0.3, 0.4) is 0 Å². The van der Waals surface area contributed by atoms with E-state index in [1.165, 1.54) is 11.3 Å². The summed E-state index contributed by atoms with van der Waals surface area (Å²) in [5.74, 6) is -0.208. The van der Waals surface area contributed by atoms with Crippen molar-refractivity contribution in [2.24, 2.45) is 16.1 Å². The average molecular weight is 244 g/mol. The summed E-state index contributed by atoms with van der Waals surface area (Å²) in [7, 11) is 1.66. The van der Waals surface area contributed by atoms with Gasteiger partial charge >= 0.3 is 0 Å². The van der Waals surface area contributed by atoms with Crippen molar-refractivity contribution in [3.05, 3.63) is 12.0 Å². The van der Waals surface area contributed by atoms with Gasteiger partial charge in [-0.3, -0.25) is 9.80 Å². The maximum atomic E-state index is 10.9. The molecular formula is C7H12N6O2S. The van der Waals surface area contributed by atoms with E-state index < -0.39 is 5.91 Å². The molecular weight excluding hydrogens is 232 g/mol. The number of nitrogens with two attached hydrogens (primary N) is 1. The van der Waals surface area contributed by atoms with Gasteiger partial charge in [-0.05, 0) is 0 Å². The van der Waals surface area contributed by atoms with E-state index in [9.17, 15) is 4.79 Å². The van der Waals surface area contributed by atoms with Crippen LogP contribution >= 0.6 is 12.6 Å². The number of H-pyrrole nitrogens is 1. The molecule has 1 aromatic heterocycles. The molecule has 0 atom stereocenters. The smallest absolute Gasteiger partial charge is 0.269 e. The van der Waals surface area contributed by atoms with Crippen LogP contribution in [-0.4, -0.2) is 40.6 Å². The van der Waals surface area contributed by atoms with Crippen molar-refractivity contribution in [1.82, 2.24) is 15.0 Å². The number of carbonyl (C=O) groups is 1. The molecule has 0 aromatic carbocycles. The van der Waals surface area contributed by atoms with Crippen LogP contribution in [0.15, 0.2) is 16.7 Å². The Labute approximate surface area is 97.3 Å². The van der Waals surface area contributed by atoms with Crippen LogP contribution in [0.1, 0.15) is 10.5 Å². The zero-order valence-corrected chi connectivity index (χ0v) is 9.52. The molecule has 1 aromatic rings. The lowest BCUT2D eigenvalue weighted by molar-refractivity contribution is 0.0698. The molecule has 0 radical (unpaired) electrons. The molecule has 8 nitrogen and oxygen atoms in total. The fourth-order valence-electron chi connectivity index (χ4n) is 0.862. The number of hydrogen-bond donors (Lipinski definition) is 3. The second-order valence-corrected chi connectivity index (χ2v) is 3.03. The summed E-state index contributed by atoms with van der Waals surface area (Å²) >= 11 is 3.87. The van der Waals surface area contributed by atoms with Crippen molar-refractivity contribution >= 4 is 24.4 Å². The van der Waals surface area contributed by atoms with E-state index in [2.05, 4.69) is 32.9 Å². The van der Waals surface area contributed by atoms with E-state index in [1.54, 1.807) is 7.05 Å². The topological polar surface area (TPSA) is 109 Å². The van der Waals surface area contributed by atoms with Crippen LogP contribution in [0.2, 0.25) is 0 Å². The zero-order chi connectivity index (χ0) is 12.0. The standard InChI is InChI=1S/C7H12N6O2S/c1-13(3-15-4-16)12-11-7-5(6(8)14)9-2-10-7/h2,16H,3-4H2,1H3,(H2,8,14)(H,9,10). The predicted octanol–water partition coefficient (Wildman–Crippen LogP) is 0.300. The number of imidazole rings is 1. The van der Waals surface area contributed by atoms with Crippen molar-refractivity contribution in [2.75, 3.05) is 19.7 Å². The first-order chi connectivity index (χ1) is 7.65. The van der Waals surface area contributed by atoms with E-state index in [-0.39, 0.29) is 24.2 Å². The van der Waals surface area contributed by atoms with Crippen LogP contribution in [-0.2, 0) is 4.74 Å². The highest BCUT2D eigenvalue weighted by Crippen LogP contribution is 2.13. The quantitative estimate of drug-likeness (QED) is 0.289. The van der Waals surface area contributed by atoms with E-state index in [1.807, 2.05) is 0 Å². The molecule has 1 amide bonds. The van der Waals surface area contributed by atoms with Gasteiger partial charge in [-0.1, -0.05) is 5.22 Å². The lowest BCUT2D eigenvalue weighted by Gasteiger charge is -2.09. The maximum Gasteiger partial charge on any atom is 0.269 e. The number of rotatable bonds is 6. The number of aromatic amines is 1. The number of nitrogens with one attached hydrogen (secondary N) is 1. The van der Waals surface area contributed by atoms with Gasteiger partial charge in [0.25, 0.3) is 5.91 Å². The first kappa shape index (κ1) is 12.5. The number of thiol groups is 1. The molecule has 3 N–H and O–H groups in total. The Morgan fingerprint density at radius 3 is 3.19 bits per heavy atom. The van der Waals surface area contributed by atoms with Gasteiger partial charge in [0, 0.05) is 7.05 Å². The zero-order valence-electron chi connectivity index (χ0n) is 8.62. The molecule has 0 saturated heterocycles. The summed E-state index contributed by atoms with van der Waals surface area (Å²) in [6.45, 7) is 0.239. The van der Waals surface area contributed by atoms with Crippen molar-refractivity contribution in [3.63, 3.8) is 0 Å². The lowest BCUT2D eigenvalue weighted by atomic mass is 10.4. The number of nitrogens with zero attached hydrogens (tertiary/aromatic N) is 4. The van der Waals surface area contributed by atoms with Gasteiger partial charge in [-0.15, -0.1) is 5.11 Å². The number of carbonyl (C=O) groups excluding carboxylic acids is 1. The molecule has 0 aliphatic carbocycles. The van der Waals surface area contributed by atoms with Gasteiger partial charge in [0.1, 0.15) is 6.73 Å². The molecule has 0 aliphatic rings. The van der Waals surface area contributed by atoms with Gasteiger partial charge in [-0.25, -0.2) is 4.98 Å². The highest BCUT2D eigenvalue weighted by atomic mass is 32.1. The van der Waals surface area contributed by atoms with Gasteiger partial charge < -0.3 is 15.5 Å². The average Bonchev–Trinajstić information content (AvgIpc) is 2.71. The minimum Gasteiger partial charge on any atom is -0.364 e. The van der Waals surface area contributed by atoms with Gasteiger partial charge in [0.05, 0.1) is 12.3 Å². The van der Waals surface area contributed by atoms with Crippen molar-refractivity contribution in [3.8, 4) is 0 Å². The normalized spacial score (nSPS) is 10.9. The molecule has 0 saturated carbocycles. The Bertz CT molecular complexity index is 379. The third kappa shape index (κ3) is 3.51. The molecule has 0 unspecified atom stereocenters. The number of amides is 1. The molecule has 1 rings (SSSR count). The predicted molar refractivity (Wildman–Crippen MR) is 59.2 cm³/mol. The molecule has 16 heavy (non-hydrogen) atoms. The molecule has 0 fully saturated rings. The largest absolute Gasteiger partial charge is 0.364 e. The molecule has 1 heterocycles. The van der Waals surface area contributed by atoms with Gasteiger partial charge in [-0.2, -0.15) is 12.6 Å². The minimum absolute atomic E-state index is 0.118. The van der Waals surface area contributed by atoms with Crippen molar-refractivity contribution in [1.29, 1.82) is 0 Å². The molecule has 9 heteroatoms. The van der Waals surface area contributed by atoms with Crippen LogP contribution in [0.5, 0.6) is 0 Å². The summed E-state index contributed by atoms with van der Waals surface area (Å²) in [6, 6.07) is 0. The Hall–Kier alpha value is -1.61. The summed E-state index contributed by atoms with van der Waals surface area (Å²) in [5, 5.41) is 8.93. The van der Waals surface area contributed by atoms with E-state index in [4.69, 9.17) is 10.5 Å². The monoisotopic (exact) mass is 244 g/mol. The summed E-state index contributed by atoms with van der Waals surface area (Å²) in [6.07, 6.45) is 1.32. The summed E-state index contributed by atoms with van der Waals surface area (Å²) in [4.78, 5) is 17.3. The summed E-state index contributed by atoms with van der Waals surface area (Å²) in [5.41, 5.74) is 5.20. The minimum atomic E-state index is -0.638. The number of aromatic nitrogens is 2. The Morgan fingerprint density at radius 2 is 2.56 bits per heavy atom. The molecule has 0 aliphatic heterocycles. The van der Waals surface area contributed by atoms with Crippen LogP contribution in [0.4, 0.5) is 5.82 Å². The van der Waals surface area contributed by atoms with E-state index in [0.29, 0.717) is 0 Å². The van der Waals surface area contributed by atoms with Gasteiger partial charge in [0.15, 0.2) is 5.69 Å². The first-order valence-corrected chi connectivity index (χ1v) is 4.93. The highest BCUT2D eigenvalue weighted by molar-refractivity contribution is 7.80. The van der Waals surface area contributed by atoms with Crippen LogP contribution < -0.4 is 5.73 Å². The molecule has 88 valence electrons. The van der Waals surface area contributed by atoms with Gasteiger partial charge in [0.2, 0.25) is 5.82 Å². The number of hydrogen-bond acceptors (Lipinski definition) is 6. The Morgan fingerprint density at radius 1 is 1.81 bits per heavy atom. The third-order valence-corrected chi connectivity index (χ3v) is 1.71. The highest BCUT2D eigenvalue weighted by Gasteiger charge is 2.10. The Kier molecular flexibility index (Phi) is 4.73. The lowest BCUT2D eigenvalue weighted by Crippen LogP contribution is -2.14. The maximum absolute atomic E-state index is 10.9. The van der Waals surface area contributed by atoms with E-state index >= 15 is 0 Å². The third-order valence-electron chi connectivity index (χ3n) is 1.53. The van der Waals surface area contributed by atoms with Crippen molar-refractivity contribution < 1.29 is 9.53 Å². The van der Waals surface area contributed by atoms with Crippen LogP contribution in [0, 0.1) is 0 Å². The van der Waals surface area contributed by atoms with Crippen molar-refractivity contribution in [2.45, 2.75) is 0 Å². The Balaban J connectivity index is 2.61.